The van der Waals surface area contributed by atoms with Gasteiger partial charge in [0.25, 0.3) is 0 Å². The van der Waals surface area contributed by atoms with Gasteiger partial charge in [0.15, 0.2) is 0 Å². The molecule has 0 aliphatic heterocycles. The first-order valence-corrected chi connectivity index (χ1v) is 39.1. The second-order valence-corrected chi connectivity index (χ2v) is 34.2. The van der Waals surface area contributed by atoms with Gasteiger partial charge in [-0.1, -0.05) is 291 Å². The van der Waals surface area contributed by atoms with Gasteiger partial charge in [0.2, 0.25) is 0 Å². The van der Waals surface area contributed by atoms with Crippen LogP contribution in [0.4, 0.5) is 0 Å². The molecular formula is C72H56KO12P4RhS4. The van der Waals surface area contributed by atoms with Crippen molar-refractivity contribution >= 4 is 136 Å². The maximum Gasteiger partial charge on any atom is 3.00 e. The summed E-state index contributed by atoms with van der Waals surface area (Å²) in [5, 5.41) is 13.4. The summed E-state index contributed by atoms with van der Waals surface area (Å²) in [5.41, 5.74) is 0. The Morgan fingerprint density at radius 3 is 0.362 bits per heavy atom. The molecule has 0 aliphatic carbocycles. The number of hydrogen-bond donors (Lipinski definition) is 0. The molecule has 0 bridgehead atoms. The van der Waals surface area contributed by atoms with Crippen molar-refractivity contribution in [1.29, 1.82) is 0 Å². The summed E-state index contributed by atoms with van der Waals surface area (Å²) < 4.78 is 133. The fourth-order valence-electron chi connectivity index (χ4n) is 9.45. The molecule has 0 spiro atoms. The predicted octanol–water partition coefficient (Wildman–Crippen LogP) is 6.40. The van der Waals surface area contributed by atoms with Crippen LogP contribution >= 0.6 is 31.7 Å². The van der Waals surface area contributed by atoms with Crippen molar-refractivity contribution in [2.75, 3.05) is 0 Å². The molecule has 0 amide bonds. The normalized spacial score (nSPS) is 11.3. The number of benzene rings is 12. The Kier molecular flexibility index (Phi) is 29.0. The molecular weight excluding hydrogens is 1450 g/mol. The van der Waals surface area contributed by atoms with Crippen LogP contribution in [-0.4, -0.2) is 51.9 Å². The van der Waals surface area contributed by atoms with E-state index in [0.717, 1.165) is 21.2 Å². The SMILES string of the molecule is O=S(=O)([O-])c1ccc(P(c2ccccc2)c2ccccc2)cc1.O=S(=O)([O-])c1ccc(P(c2ccccc2)c2ccccc2)cc1.O=S(=O)([O-])c1ccc(P(c2ccccc2)c2ccccc2)cc1.O=S(=O)([O-])c1ccc(P(c2ccccc2)c2ccccc2)cc1.[K+].[Rh+3]. The maximum atomic E-state index is 11.1. The fourth-order valence-corrected chi connectivity index (χ4v) is 20.5. The molecule has 0 N–H and O–H groups in total. The van der Waals surface area contributed by atoms with Crippen molar-refractivity contribution < 1.29 is 123 Å². The summed E-state index contributed by atoms with van der Waals surface area (Å²) in [6.45, 7) is 0. The Labute approximate surface area is 610 Å². The Bertz CT molecular complexity index is 3980. The van der Waals surface area contributed by atoms with Crippen molar-refractivity contribution in [3.05, 3.63) is 340 Å². The van der Waals surface area contributed by atoms with Gasteiger partial charge in [-0.2, -0.15) is 0 Å². The fraction of sp³-hybridized carbons (Fsp3) is 0. The van der Waals surface area contributed by atoms with Crippen LogP contribution in [0, 0.1) is 0 Å². The van der Waals surface area contributed by atoms with Gasteiger partial charge >= 0.3 is 70.9 Å². The molecule has 12 nitrogen and oxygen atoms in total. The smallest absolute Gasteiger partial charge is 0.744 e. The third-order valence-corrected chi connectivity index (χ3v) is 26.8. The zero-order valence-electron chi connectivity index (χ0n) is 50.0. The zero-order valence-corrected chi connectivity index (χ0v) is 61.6. The van der Waals surface area contributed by atoms with E-state index in [4.69, 9.17) is 0 Å². The molecule has 0 saturated heterocycles. The molecule has 0 aliphatic rings. The van der Waals surface area contributed by atoms with E-state index >= 15 is 0 Å². The van der Waals surface area contributed by atoms with Crippen LogP contribution in [0.3, 0.4) is 0 Å². The van der Waals surface area contributed by atoms with E-state index in [1.54, 1.807) is 48.5 Å². The monoisotopic (exact) mass is 1510 g/mol. The minimum atomic E-state index is -4.42. The minimum Gasteiger partial charge on any atom is -0.744 e. The van der Waals surface area contributed by atoms with Gasteiger partial charge < -0.3 is 18.2 Å². The van der Waals surface area contributed by atoms with Crippen LogP contribution in [0.5, 0.6) is 0 Å². The standard InChI is InChI=1S/4C18H15O3PS.K.Rh/c4*19-23(20,21)18-13-11-17(12-14-18)22(15-7-3-1-4-8-15)16-9-5-2-6-10-16;;/h4*1-14H,(H,19,20,21);;/q;;;;+1;+3/p-4. The van der Waals surface area contributed by atoms with Crippen LogP contribution in [-0.2, 0) is 60.0 Å². The Balaban J connectivity index is 0.000000176. The van der Waals surface area contributed by atoms with Crippen LogP contribution in [0.2, 0.25) is 0 Å². The average molecular weight is 1510 g/mol. The molecule has 0 atom stereocenters. The predicted molar refractivity (Wildman–Crippen MR) is 372 cm³/mol. The Hall–Kier alpha value is -5.74. The first-order valence-electron chi connectivity index (χ1n) is 28.1. The van der Waals surface area contributed by atoms with Crippen LogP contribution < -0.4 is 115 Å². The molecule has 12 rings (SSSR count). The number of rotatable bonds is 16. The molecule has 0 unspecified atom stereocenters. The van der Waals surface area contributed by atoms with Gasteiger partial charge in [-0.05, 0) is 144 Å². The van der Waals surface area contributed by atoms with E-state index in [9.17, 15) is 51.9 Å². The van der Waals surface area contributed by atoms with Crippen molar-refractivity contribution in [1.82, 2.24) is 0 Å². The van der Waals surface area contributed by atoms with Crippen LogP contribution in [0.15, 0.2) is 359 Å². The van der Waals surface area contributed by atoms with Crippen molar-refractivity contribution in [2.45, 2.75) is 19.6 Å². The Morgan fingerprint density at radius 2 is 0.266 bits per heavy atom. The zero-order chi connectivity index (χ0) is 65.1. The van der Waals surface area contributed by atoms with Gasteiger partial charge in [-0.25, -0.2) is 33.7 Å². The topological polar surface area (TPSA) is 229 Å². The van der Waals surface area contributed by atoms with E-state index in [2.05, 4.69) is 97.1 Å². The molecule has 12 aromatic rings. The van der Waals surface area contributed by atoms with Crippen molar-refractivity contribution in [2.24, 2.45) is 0 Å². The summed E-state index contributed by atoms with van der Waals surface area (Å²) in [5.74, 6) is 0. The largest absolute Gasteiger partial charge is 3.00 e. The van der Waals surface area contributed by atoms with Gasteiger partial charge in [0.05, 0.1) is 19.6 Å². The third kappa shape index (κ3) is 21.6. The second-order valence-electron chi connectivity index (χ2n) is 19.8. The molecule has 0 heterocycles. The van der Waals surface area contributed by atoms with E-state index in [-0.39, 0.29) is 90.4 Å². The van der Waals surface area contributed by atoms with E-state index < -0.39 is 72.2 Å². The van der Waals surface area contributed by atoms with Gasteiger partial charge in [-0.15, -0.1) is 0 Å². The summed E-state index contributed by atoms with van der Waals surface area (Å²) in [6, 6.07) is 106. The Morgan fingerprint density at radius 1 is 0.170 bits per heavy atom. The molecule has 0 saturated carbocycles. The maximum absolute atomic E-state index is 11.1. The van der Waals surface area contributed by atoms with Gasteiger partial charge in [-0.3, -0.25) is 0 Å². The van der Waals surface area contributed by atoms with E-state index in [1.165, 1.54) is 91.0 Å². The third-order valence-electron chi connectivity index (χ3n) is 13.6. The van der Waals surface area contributed by atoms with Crippen molar-refractivity contribution in [3.63, 3.8) is 0 Å². The quantitative estimate of drug-likeness (QED) is 0.0582. The molecule has 0 fully saturated rings. The molecule has 0 radical (unpaired) electrons. The molecule has 22 heteroatoms. The molecule has 12 aromatic carbocycles. The second kappa shape index (κ2) is 36.0. The number of hydrogen-bond acceptors (Lipinski definition) is 12. The van der Waals surface area contributed by atoms with Crippen LogP contribution in [0.1, 0.15) is 0 Å². The summed E-state index contributed by atoms with van der Waals surface area (Å²) >= 11 is 0. The summed E-state index contributed by atoms with van der Waals surface area (Å²) in [6.07, 6.45) is 0. The minimum absolute atomic E-state index is 0. The first kappa shape index (κ1) is 75.6. The summed E-state index contributed by atoms with van der Waals surface area (Å²) in [4.78, 5) is -0.788. The summed E-state index contributed by atoms with van der Waals surface area (Å²) in [7, 11) is -20.8. The van der Waals surface area contributed by atoms with Gasteiger partial charge in [0.1, 0.15) is 40.5 Å². The molecule has 94 heavy (non-hydrogen) atoms. The molecule has 470 valence electrons. The van der Waals surface area contributed by atoms with E-state index in [0.29, 0.717) is 0 Å². The molecule has 0 aromatic heterocycles. The van der Waals surface area contributed by atoms with Gasteiger partial charge in [0, 0.05) is 0 Å². The van der Waals surface area contributed by atoms with E-state index in [1.807, 2.05) is 146 Å². The van der Waals surface area contributed by atoms with Crippen molar-refractivity contribution in [3.8, 4) is 0 Å². The first-order chi connectivity index (χ1) is 44.2. The van der Waals surface area contributed by atoms with Crippen LogP contribution in [0.25, 0.3) is 0 Å². The average Bonchev–Trinajstić information content (AvgIpc) is 0.905.